The summed E-state index contributed by atoms with van der Waals surface area (Å²) in [6.07, 6.45) is 3.58. The highest BCUT2D eigenvalue weighted by Gasteiger charge is 2.27. The predicted octanol–water partition coefficient (Wildman–Crippen LogP) is 1.59. The summed E-state index contributed by atoms with van der Waals surface area (Å²) in [5, 5.41) is 3.81. The largest absolute Gasteiger partial charge is 0.353 e. The summed E-state index contributed by atoms with van der Waals surface area (Å²) in [5.41, 5.74) is -0.0859. The molecular weight excluding hydrogens is 324 g/mol. The van der Waals surface area contributed by atoms with Crippen molar-refractivity contribution in [3.8, 4) is 0 Å². The van der Waals surface area contributed by atoms with Gasteiger partial charge in [-0.1, -0.05) is 25.6 Å². The average Bonchev–Trinajstić information content (AvgIpc) is 2.59. The highest BCUT2D eigenvalue weighted by Crippen LogP contribution is 2.24. The maximum Gasteiger partial charge on any atom is 0.254 e. The zero-order valence-corrected chi connectivity index (χ0v) is 15.6. The van der Waals surface area contributed by atoms with Crippen LogP contribution in [0.5, 0.6) is 0 Å². The van der Waals surface area contributed by atoms with E-state index in [9.17, 15) is 9.59 Å². The van der Waals surface area contributed by atoms with Crippen LogP contribution in [-0.2, 0) is 11.3 Å². The zero-order chi connectivity index (χ0) is 17.5. The Bertz CT molecular complexity index is 600. The number of amides is 1. The molecule has 0 radical (unpaired) electrons. The molecule has 0 spiro atoms. The van der Waals surface area contributed by atoms with E-state index in [1.807, 2.05) is 0 Å². The summed E-state index contributed by atoms with van der Waals surface area (Å²) < 4.78 is 1.60. The molecule has 0 saturated carbocycles. The fraction of sp³-hybridized carbons (Fsp3) is 0.706. The smallest absolute Gasteiger partial charge is 0.254 e. The number of hydrogen-bond acceptors (Lipinski definition) is 5. The number of rotatable bonds is 8. The summed E-state index contributed by atoms with van der Waals surface area (Å²) >= 11 is 1.48. The number of nitrogens with zero attached hydrogens (tertiary/aromatic N) is 3. The molecule has 1 amide bonds. The maximum atomic E-state index is 12.5. The van der Waals surface area contributed by atoms with Gasteiger partial charge in [-0.3, -0.25) is 14.2 Å². The van der Waals surface area contributed by atoms with E-state index in [1.165, 1.54) is 24.0 Å². The number of hydrogen-bond donors (Lipinski definition) is 1. The fourth-order valence-corrected chi connectivity index (χ4v) is 3.97. The SMILES string of the molecule is CCN(CC)CCCC(C)NC(=O)C1CSc2nccc(=O)n2C1. The van der Waals surface area contributed by atoms with Crippen molar-refractivity contribution in [2.45, 2.75) is 51.4 Å². The second kappa shape index (κ2) is 9.22. The molecule has 6 nitrogen and oxygen atoms in total. The molecule has 0 saturated heterocycles. The third-order valence-electron chi connectivity index (χ3n) is 4.48. The summed E-state index contributed by atoms with van der Waals surface area (Å²) in [5.74, 6) is 0.544. The first-order valence-electron chi connectivity index (χ1n) is 8.76. The van der Waals surface area contributed by atoms with Gasteiger partial charge >= 0.3 is 0 Å². The molecule has 24 heavy (non-hydrogen) atoms. The first-order valence-corrected chi connectivity index (χ1v) is 9.75. The van der Waals surface area contributed by atoms with E-state index in [4.69, 9.17) is 0 Å². The summed E-state index contributed by atoms with van der Waals surface area (Å²) in [6, 6.07) is 1.60. The summed E-state index contributed by atoms with van der Waals surface area (Å²) in [6.45, 7) is 10.0. The Balaban J connectivity index is 1.80. The van der Waals surface area contributed by atoms with Gasteiger partial charge in [0, 0.05) is 30.6 Å². The van der Waals surface area contributed by atoms with Gasteiger partial charge in [0.25, 0.3) is 5.56 Å². The Morgan fingerprint density at radius 3 is 2.96 bits per heavy atom. The molecule has 2 heterocycles. The molecule has 0 fully saturated rings. The highest BCUT2D eigenvalue weighted by molar-refractivity contribution is 7.99. The normalized spacial score (nSPS) is 18.2. The molecule has 134 valence electrons. The molecule has 0 aliphatic carbocycles. The third-order valence-corrected chi connectivity index (χ3v) is 5.63. The number of nitrogens with one attached hydrogen (secondary N) is 1. The van der Waals surface area contributed by atoms with E-state index in [2.05, 4.69) is 36.0 Å². The first kappa shape index (κ1) is 19.0. The van der Waals surface area contributed by atoms with Crippen LogP contribution >= 0.6 is 11.8 Å². The summed E-state index contributed by atoms with van der Waals surface area (Å²) in [7, 11) is 0. The molecule has 2 atom stereocenters. The molecular formula is C17H28N4O2S. The van der Waals surface area contributed by atoms with E-state index in [0.717, 1.165) is 32.5 Å². The fourth-order valence-electron chi connectivity index (χ4n) is 2.90. The molecule has 1 aromatic rings. The Morgan fingerprint density at radius 2 is 2.25 bits per heavy atom. The second-order valence-corrected chi connectivity index (χ2v) is 7.25. The highest BCUT2D eigenvalue weighted by atomic mass is 32.2. The van der Waals surface area contributed by atoms with Gasteiger partial charge in [-0.15, -0.1) is 0 Å². The van der Waals surface area contributed by atoms with E-state index in [1.54, 1.807) is 4.57 Å². The molecule has 1 aliphatic heterocycles. The minimum atomic E-state index is -0.172. The molecule has 1 aliphatic rings. The van der Waals surface area contributed by atoms with Gasteiger partial charge in [0.1, 0.15) is 0 Å². The molecule has 7 heteroatoms. The lowest BCUT2D eigenvalue weighted by Gasteiger charge is -2.25. The van der Waals surface area contributed by atoms with Crippen LogP contribution in [0.3, 0.4) is 0 Å². The molecule has 2 rings (SSSR count). The number of carbonyl (C=O) groups is 1. The van der Waals surface area contributed by atoms with Crippen LogP contribution < -0.4 is 10.9 Å². The maximum absolute atomic E-state index is 12.5. The molecule has 2 unspecified atom stereocenters. The molecule has 1 aromatic heterocycles. The van der Waals surface area contributed by atoms with E-state index in [0.29, 0.717) is 17.5 Å². The van der Waals surface area contributed by atoms with Crippen molar-refractivity contribution in [3.63, 3.8) is 0 Å². The van der Waals surface area contributed by atoms with Crippen molar-refractivity contribution in [2.24, 2.45) is 5.92 Å². The standard InChI is InChI=1S/C17H28N4O2S/c1-4-20(5-2)10-6-7-13(3)19-16(23)14-11-21-15(22)8-9-18-17(21)24-12-14/h8-9,13-14H,4-7,10-12H2,1-3H3,(H,19,23). The van der Waals surface area contributed by atoms with Gasteiger partial charge in [0.2, 0.25) is 5.91 Å². The quantitative estimate of drug-likeness (QED) is 0.720. The minimum absolute atomic E-state index is 0.0410. The Morgan fingerprint density at radius 1 is 1.50 bits per heavy atom. The lowest BCUT2D eigenvalue weighted by molar-refractivity contribution is -0.125. The Labute approximate surface area is 148 Å². The number of carbonyl (C=O) groups excluding carboxylic acids is 1. The number of thioether (sulfide) groups is 1. The number of fused-ring (bicyclic) bond motifs is 1. The van der Waals surface area contributed by atoms with Gasteiger partial charge < -0.3 is 10.2 Å². The van der Waals surface area contributed by atoms with Crippen molar-refractivity contribution < 1.29 is 4.79 Å². The lowest BCUT2D eigenvalue weighted by atomic mass is 10.1. The van der Waals surface area contributed by atoms with Crippen LogP contribution in [0.1, 0.15) is 33.6 Å². The van der Waals surface area contributed by atoms with Crippen LogP contribution in [-0.4, -0.2) is 51.8 Å². The monoisotopic (exact) mass is 352 g/mol. The molecule has 0 aromatic carbocycles. The van der Waals surface area contributed by atoms with Crippen LogP contribution in [0.25, 0.3) is 0 Å². The van der Waals surface area contributed by atoms with Crippen LogP contribution in [0.15, 0.2) is 22.2 Å². The van der Waals surface area contributed by atoms with Crippen molar-refractivity contribution in [1.82, 2.24) is 19.8 Å². The Hall–Kier alpha value is -1.34. The van der Waals surface area contributed by atoms with Gasteiger partial charge in [-0.2, -0.15) is 0 Å². The summed E-state index contributed by atoms with van der Waals surface area (Å²) in [4.78, 5) is 30.9. The second-order valence-electron chi connectivity index (χ2n) is 6.26. The van der Waals surface area contributed by atoms with E-state index < -0.39 is 0 Å². The first-order chi connectivity index (χ1) is 11.5. The lowest BCUT2D eigenvalue weighted by Crippen LogP contribution is -2.43. The van der Waals surface area contributed by atoms with E-state index in [-0.39, 0.29) is 23.4 Å². The number of aromatic nitrogens is 2. The zero-order valence-electron chi connectivity index (χ0n) is 14.8. The molecule has 0 bridgehead atoms. The van der Waals surface area contributed by atoms with E-state index >= 15 is 0 Å². The van der Waals surface area contributed by atoms with Crippen LogP contribution in [0, 0.1) is 5.92 Å². The van der Waals surface area contributed by atoms with Crippen molar-refractivity contribution in [1.29, 1.82) is 0 Å². The topological polar surface area (TPSA) is 67.2 Å². The predicted molar refractivity (Wildman–Crippen MR) is 97.3 cm³/mol. The van der Waals surface area contributed by atoms with Gasteiger partial charge in [0.15, 0.2) is 5.16 Å². The van der Waals surface area contributed by atoms with Crippen molar-refractivity contribution >= 4 is 17.7 Å². The third kappa shape index (κ3) is 5.08. The van der Waals surface area contributed by atoms with Gasteiger partial charge in [-0.05, 0) is 39.4 Å². The molecule has 1 N–H and O–H groups in total. The average molecular weight is 353 g/mol. The van der Waals surface area contributed by atoms with Gasteiger partial charge in [-0.25, -0.2) is 4.98 Å². The van der Waals surface area contributed by atoms with Crippen LogP contribution in [0.2, 0.25) is 0 Å². The van der Waals surface area contributed by atoms with Crippen molar-refractivity contribution in [2.75, 3.05) is 25.4 Å². The Kier molecular flexibility index (Phi) is 7.30. The van der Waals surface area contributed by atoms with Crippen LogP contribution in [0.4, 0.5) is 0 Å². The van der Waals surface area contributed by atoms with Gasteiger partial charge in [0.05, 0.1) is 5.92 Å². The van der Waals surface area contributed by atoms with Crippen molar-refractivity contribution in [3.05, 3.63) is 22.6 Å². The minimum Gasteiger partial charge on any atom is -0.353 e.